The zero-order valence-corrected chi connectivity index (χ0v) is 15.1. The lowest BCUT2D eigenvalue weighted by molar-refractivity contribution is -0.385. The van der Waals surface area contributed by atoms with E-state index in [1.165, 1.54) is 6.07 Å². The highest BCUT2D eigenvalue weighted by Crippen LogP contribution is 2.21. The van der Waals surface area contributed by atoms with Gasteiger partial charge in [0.05, 0.1) is 28.4 Å². The fourth-order valence-electron chi connectivity index (χ4n) is 2.93. The minimum Gasteiger partial charge on any atom is -0.457 e. The summed E-state index contributed by atoms with van der Waals surface area (Å²) < 4.78 is 7.09. The SMILES string of the molecule is Cc1nn(Cc2ccccc2)c(C)c1C(=O)OCc1ccccc1[N+](=O)[O-]. The van der Waals surface area contributed by atoms with E-state index in [9.17, 15) is 14.9 Å². The first-order chi connectivity index (χ1) is 13.0. The van der Waals surface area contributed by atoms with Crippen molar-refractivity contribution in [1.82, 2.24) is 9.78 Å². The molecule has 7 heteroatoms. The first-order valence-corrected chi connectivity index (χ1v) is 8.44. The molecule has 3 aromatic rings. The van der Waals surface area contributed by atoms with Gasteiger partial charge >= 0.3 is 5.97 Å². The summed E-state index contributed by atoms with van der Waals surface area (Å²) in [5, 5.41) is 15.5. The van der Waals surface area contributed by atoms with Crippen molar-refractivity contribution in [3.63, 3.8) is 0 Å². The monoisotopic (exact) mass is 365 g/mol. The minimum absolute atomic E-state index is 0.0708. The zero-order valence-electron chi connectivity index (χ0n) is 15.1. The molecular formula is C20H19N3O4. The molecule has 0 aliphatic rings. The Hall–Kier alpha value is -3.48. The fraction of sp³-hybridized carbons (Fsp3) is 0.200. The van der Waals surface area contributed by atoms with Gasteiger partial charge in [-0.05, 0) is 25.5 Å². The zero-order chi connectivity index (χ0) is 19.4. The van der Waals surface area contributed by atoms with Crippen molar-refractivity contribution in [3.8, 4) is 0 Å². The number of aryl methyl sites for hydroxylation is 1. The number of nitro benzene ring substituents is 1. The largest absolute Gasteiger partial charge is 0.457 e. The van der Waals surface area contributed by atoms with Crippen molar-refractivity contribution in [3.05, 3.63) is 92.8 Å². The Morgan fingerprint density at radius 3 is 2.48 bits per heavy atom. The predicted molar refractivity (Wildman–Crippen MR) is 99.5 cm³/mol. The molecule has 0 unspecified atom stereocenters. The molecule has 0 bridgehead atoms. The molecule has 1 aromatic heterocycles. The van der Waals surface area contributed by atoms with Crippen LogP contribution in [0.4, 0.5) is 5.69 Å². The van der Waals surface area contributed by atoms with Crippen LogP contribution in [0.25, 0.3) is 0 Å². The smallest absolute Gasteiger partial charge is 0.342 e. The van der Waals surface area contributed by atoms with E-state index in [1.807, 2.05) is 37.3 Å². The van der Waals surface area contributed by atoms with Crippen LogP contribution >= 0.6 is 0 Å². The molecule has 0 aliphatic heterocycles. The molecule has 0 saturated heterocycles. The quantitative estimate of drug-likeness (QED) is 0.376. The maximum Gasteiger partial charge on any atom is 0.342 e. The lowest BCUT2D eigenvalue weighted by atomic mass is 10.2. The van der Waals surface area contributed by atoms with E-state index in [2.05, 4.69) is 5.10 Å². The van der Waals surface area contributed by atoms with Crippen molar-refractivity contribution in [1.29, 1.82) is 0 Å². The summed E-state index contributed by atoms with van der Waals surface area (Å²) in [6, 6.07) is 16.0. The third kappa shape index (κ3) is 4.03. The van der Waals surface area contributed by atoms with Gasteiger partial charge in [0, 0.05) is 6.07 Å². The molecule has 0 N–H and O–H groups in total. The first-order valence-electron chi connectivity index (χ1n) is 8.44. The molecule has 1 heterocycles. The molecule has 7 nitrogen and oxygen atoms in total. The molecule has 0 atom stereocenters. The molecule has 0 saturated carbocycles. The number of carbonyl (C=O) groups excluding carboxylic acids is 1. The van der Waals surface area contributed by atoms with Crippen molar-refractivity contribution in [2.45, 2.75) is 27.0 Å². The Bertz CT molecular complexity index is 980. The van der Waals surface area contributed by atoms with E-state index in [1.54, 1.807) is 29.8 Å². The van der Waals surface area contributed by atoms with E-state index in [4.69, 9.17) is 4.74 Å². The molecule has 27 heavy (non-hydrogen) atoms. The molecule has 0 amide bonds. The lowest BCUT2D eigenvalue weighted by Gasteiger charge is -2.07. The van der Waals surface area contributed by atoms with Gasteiger partial charge in [-0.3, -0.25) is 14.8 Å². The van der Waals surface area contributed by atoms with Crippen LogP contribution in [0.1, 0.15) is 32.9 Å². The number of hydrogen-bond acceptors (Lipinski definition) is 5. The van der Waals surface area contributed by atoms with Gasteiger partial charge in [-0.25, -0.2) is 4.79 Å². The molecule has 0 spiro atoms. The average molecular weight is 365 g/mol. The second kappa shape index (κ2) is 7.82. The summed E-state index contributed by atoms with van der Waals surface area (Å²) >= 11 is 0. The van der Waals surface area contributed by atoms with Crippen LogP contribution in [0.2, 0.25) is 0 Å². The van der Waals surface area contributed by atoms with Gasteiger partial charge in [0.15, 0.2) is 0 Å². The highest BCUT2D eigenvalue weighted by molar-refractivity contribution is 5.91. The van der Waals surface area contributed by atoms with Gasteiger partial charge in [-0.1, -0.05) is 42.5 Å². The number of esters is 1. The molecule has 0 radical (unpaired) electrons. The Kier molecular flexibility index (Phi) is 5.30. The third-order valence-corrected chi connectivity index (χ3v) is 4.31. The number of rotatable bonds is 6. The lowest BCUT2D eigenvalue weighted by Crippen LogP contribution is -2.10. The van der Waals surface area contributed by atoms with Crippen LogP contribution in [0.3, 0.4) is 0 Å². The number of hydrogen-bond donors (Lipinski definition) is 0. The number of nitrogens with zero attached hydrogens (tertiary/aromatic N) is 3. The molecule has 0 fully saturated rings. The standard InChI is InChI=1S/C20H19N3O4/c1-14-19(15(2)22(21-14)12-16-8-4-3-5-9-16)20(24)27-13-17-10-6-7-11-18(17)23(25)26/h3-11H,12-13H2,1-2H3. The van der Waals surface area contributed by atoms with E-state index in [0.29, 0.717) is 29.1 Å². The van der Waals surface area contributed by atoms with Crippen molar-refractivity contribution < 1.29 is 14.5 Å². The van der Waals surface area contributed by atoms with Crippen LogP contribution in [0, 0.1) is 24.0 Å². The molecule has 2 aromatic carbocycles. The Morgan fingerprint density at radius 2 is 1.78 bits per heavy atom. The summed E-state index contributed by atoms with van der Waals surface area (Å²) in [5.41, 5.74) is 3.01. The summed E-state index contributed by atoms with van der Waals surface area (Å²) in [6.07, 6.45) is 0. The highest BCUT2D eigenvalue weighted by atomic mass is 16.6. The van der Waals surface area contributed by atoms with E-state index in [-0.39, 0.29) is 12.3 Å². The molecule has 138 valence electrons. The summed E-state index contributed by atoms with van der Waals surface area (Å²) in [6.45, 7) is 3.93. The van der Waals surface area contributed by atoms with Gasteiger partial charge in [-0.2, -0.15) is 5.10 Å². The number of para-hydroxylation sites is 1. The second-order valence-electron chi connectivity index (χ2n) is 6.15. The average Bonchev–Trinajstić information content (AvgIpc) is 2.94. The van der Waals surface area contributed by atoms with Crippen LogP contribution in [-0.4, -0.2) is 20.7 Å². The molecular weight excluding hydrogens is 346 g/mol. The second-order valence-corrected chi connectivity index (χ2v) is 6.15. The van der Waals surface area contributed by atoms with Crippen LogP contribution in [0.15, 0.2) is 54.6 Å². The van der Waals surface area contributed by atoms with Crippen molar-refractivity contribution in [2.75, 3.05) is 0 Å². The van der Waals surface area contributed by atoms with Crippen molar-refractivity contribution >= 4 is 11.7 Å². The maximum atomic E-state index is 12.6. The number of nitro groups is 1. The number of aromatic nitrogens is 2. The van der Waals surface area contributed by atoms with Gasteiger partial charge in [0.2, 0.25) is 0 Å². The number of ether oxygens (including phenoxy) is 1. The van der Waals surface area contributed by atoms with Crippen LogP contribution in [0.5, 0.6) is 0 Å². The maximum absolute atomic E-state index is 12.6. The summed E-state index contributed by atoms with van der Waals surface area (Å²) in [4.78, 5) is 23.1. The van der Waals surface area contributed by atoms with Gasteiger partial charge < -0.3 is 4.74 Å². The normalized spacial score (nSPS) is 10.6. The first kappa shape index (κ1) is 18.3. The fourth-order valence-corrected chi connectivity index (χ4v) is 2.93. The van der Waals surface area contributed by atoms with Gasteiger partial charge in [0.25, 0.3) is 5.69 Å². The van der Waals surface area contributed by atoms with Crippen molar-refractivity contribution in [2.24, 2.45) is 0 Å². The number of benzene rings is 2. The third-order valence-electron chi connectivity index (χ3n) is 4.31. The Labute approximate surface area is 156 Å². The van der Waals surface area contributed by atoms with E-state index in [0.717, 1.165) is 5.56 Å². The summed E-state index contributed by atoms with van der Waals surface area (Å²) in [7, 11) is 0. The highest BCUT2D eigenvalue weighted by Gasteiger charge is 2.21. The summed E-state index contributed by atoms with van der Waals surface area (Å²) in [5.74, 6) is -0.539. The Balaban J connectivity index is 1.77. The predicted octanol–water partition coefficient (Wildman–Crippen LogP) is 3.81. The molecule has 3 rings (SSSR count). The van der Waals surface area contributed by atoms with Gasteiger partial charge in [-0.15, -0.1) is 0 Å². The van der Waals surface area contributed by atoms with Crippen LogP contribution in [-0.2, 0) is 17.9 Å². The Morgan fingerprint density at radius 1 is 1.11 bits per heavy atom. The number of carbonyl (C=O) groups is 1. The van der Waals surface area contributed by atoms with E-state index < -0.39 is 10.9 Å². The van der Waals surface area contributed by atoms with Crippen LogP contribution < -0.4 is 0 Å². The van der Waals surface area contributed by atoms with E-state index >= 15 is 0 Å². The molecule has 0 aliphatic carbocycles. The van der Waals surface area contributed by atoms with Gasteiger partial charge in [0.1, 0.15) is 12.2 Å². The topological polar surface area (TPSA) is 87.3 Å². The minimum atomic E-state index is -0.539.